The molecule has 6 fully saturated rings. The summed E-state index contributed by atoms with van der Waals surface area (Å²) in [5.74, 6) is 0.712. The van der Waals surface area contributed by atoms with Crippen LogP contribution < -0.4 is 5.73 Å². The fraction of sp³-hybridized carbons (Fsp3) is 0.667. The van der Waals surface area contributed by atoms with Crippen LogP contribution in [0.25, 0.3) is 0 Å². The minimum absolute atomic E-state index is 0.103. The number of hydrogen-bond acceptors (Lipinski definition) is 7. The van der Waals surface area contributed by atoms with Crippen LogP contribution in [0.5, 0.6) is 5.75 Å². The number of fused-ring (bicyclic) bond motifs is 2. The molecular weight excluding hydrogens is 687 g/mol. The largest absolute Gasteiger partial charge is 0.508 e. The molecule has 0 unspecified atom stereocenters. The van der Waals surface area contributed by atoms with E-state index in [1.807, 2.05) is 38.1 Å². The second-order valence-electron chi connectivity index (χ2n) is 20.6. The number of phenolic OH excluding ortho intramolecular Hbond substituents is 1. The number of ketones is 2. The first-order chi connectivity index (χ1) is 26.0. The van der Waals surface area contributed by atoms with E-state index in [1.54, 1.807) is 12.1 Å². The third-order valence-electron chi connectivity index (χ3n) is 17.8. The summed E-state index contributed by atoms with van der Waals surface area (Å²) in [7, 11) is 0. The minimum atomic E-state index is -0.747. The van der Waals surface area contributed by atoms with Crippen LogP contribution in [0.4, 0.5) is 5.69 Å². The van der Waals surface area contributed by atoms with E-state index in [-0.39, 0.29) is 69.3 Å². The predicted octanol–water partition coefficient (Wildman–Crippen LogP) is 8.65. The Bertz CT molecular complexity index is 1950. The van der Waals surface area contributed by atoms with Crippen molar-refractivity contribution in [1.82, 2.24) is 0 Å². The van der Waals surface area contributed by atoms with Crippen LogP contribution in [-0.2, 0) is 14.3 Å². The van der Waals surface area contributed by atoms with Gasteiger partial charge in [0.1, 0.15) is 17.6 Å². The molecule has 0 radical (unpaired) electrons. The van der Waals surface area contributed by atoms with Crippen LogP contribution in [0.15, 0.2) is 59.7 Å². The quantitative estimate of drug-likeness (QED) is 0.165. The first-order valence-corrected chi connectivity index (χ1v) is 21.5. The number of aromatic hydroxyl groups is 1. The number of nitrogens with two attached hydrogens (primary N) is 1. The van der Waals surface area contributed by atoms with E-state index in [0.29, 0.717) is 31.1 Å². The number of allylic oxidation sites excluding steroid dienone is 2. The number of benzene rings is 2. The maximum atomic E-state index is 14.9. The van der Waals surface area contributed by atoms with Gasteiger partial charge in [-0.05, 0) is 140 Å². The van der Waals surface area contributed by atoms with Gasteiger partial charge in [0.25, 0.3) is 0 Å². The Morgan fingerprint density at radius 2 is 1.67 bits per heavy atom. The zero-order valence-electron chi connectivity index (χ0n) is 33.8. The number of aliphatic hydroxyl groups excluding tert-OH is 2. The first kappa shape index (κ1) is 37.6. The van der Waals surface area contributed by atoms with Crippen molar-refractivity contribution >= 4 is 17.3 Å². The molecule has 7 heteroatoms. The summed E-state index contributed by atoms with van der Waals surface area (Å²) in [5, 5.41) is 34.8. The van der Waals surface area contributed by atoms with E-state index < -0.39 is 23.2 Å². The molecule has 0 bridgehead atoms. The standard InChI is InChI=1S/C48H63NO6/c1-26(21-36(51)43-47(6,55-43)33-16-9-15-31(33)27-11-7-13-29(49)22-27)39-34-18-19-38-45(4)24-32(28-12-8-14-30(50)23-28)42(54)44(2,3)41(45)37(52)25-48(38)20-10-17-35(40(39)53)46(34,48)5/h7-8,11-14,22-23,26,31-33,35-38,41,43,50-52H,9-10,15-21,24-25,49H2,1-6H3/t26-,31+,32-,33-,35+,36-,37+,38-,41+,43-,45+,46-,47-,48+/m1/s1. The summed E-state index contributed by atoms with van der Waals surface area (Å²) < 4.78 is 6.48. The van der Waals surface area contributed by atoms with Crippen LogP contribution in [0.2, 0.25) is 0 Å². The maximum Gasteiger partial charge on any atom is 0.163 e. The molecule has 14 atom stereocenters. The molecule has 1 heterocycles. The number of epoxide rings is 1. The lowest BCUT2D eigenvalue weighted by Crippen LogP contribution is -2.69. The van der Waals surface area contributed by atoms with Crippen LogP contribution in [-0.4, -0.2) is 50.8 Å². The summed E-state index contributed by atoms with van der Waals surface area (Å²) in [6.45, 7) is 13.1. The van der Waals surface area contributed by atoms with Gasteiger partial charge in [0.05, 0.1) is 17.8 Å². The molecular formula is C48H63NO6. The van der Waals surface area contributed by atoms with Crippen LogP contribution in [0, 0.1) is 51.2 Å². The molecule has 5 saturated carbocycles. The highest BCUT2D eigenvalue weighted by Gasteiger charge is 2.75. The molecule has 2 aromatic carbocycles. The number of aliphatic hydroxyl groups is 2. The van der Waals surface area contributed by atoms with Gasteiger partial charge < -0.3 is 25.8 Å². The van der Waals surface area contributed by atoms with Gasteiger partial charge in [0, 0.05) is 34.3 Å². The van der Waals surface area contributed by atoms with Gasteiger partial charge in [-0.3, -0.25) is 9.59 Å². The van der Waals surface area contributed by atoms with E-state index in [2.05, 4.69) is 39.8 Å². The molecule has 55 heavy (non-hydrogen) atoms. The number of ether oxygens (including phenoxy) is 1. The second-order valence-corrected chi connectivity index (χ2v) is 20.6. The van der Waals surface area contributed by atoms with E-state index in [4.69, 9.17) is 10.5 Å². The van der Waals surface area contributed by atoms with Crippen molar-refractivity contribution in [2.45, 2.75) is 148 Å². The summed E-state index contributed by atoms with van der Waals surface area (Å²) in [4.78, 5) is 29.2. The van der Waals surface area contributed by atoms with Gasteiger partial charge in [0.2, 0.25) is 0 Å². The van der Waals surface area contributed by atoms with Crippen molar-refractivity contribution in [2.24, 2.45) is 51.2 Å². The summed E-state index contributed by atoms with van der Waals surface area (Å²) in [6, 6.07) is 15.4. The average Bonchev–Trinajstić information content (AvgIpc) is 3.46. The Hall–Kier alpha value is -3.00. The van der Waals surface area contributed by atoms with Gasteiger partial charge in [-0.1, -0.05) is 77.3 Å². The molecule has 1 spiro atoms. The summed E-state index contributed by atoms with van der Waals surface area (Å²) >= 11 is 0. The zero-order valence-corrected chi connectivity index (χ0v) is 33.8. The number of Topliss-reactive ketones (excluding diaryl/α,β-unsaturated/α-hetero) is 2. The SMILES string of the molecule is C[C@H](C[C@@H](O)[C@H]1O[C@]1(C)[C@@H]1CCC[C@H]1c1cccc(N)c1)C1=C2CC[C@@H]3[C@]4(C)C[C@H](c5cccc(O)c5)C(=O)C(C)(C)[C@@H]4[C@@H](O)C[C@@]34CCC[C@@H](C1=O)[C@@]24C. The third-order valence-corrected chi connectivity index (χ3v) is 17.8. The van der Waals surface area contributed by atoms with Crippen molar-refractivity contribution in [3.63, 3.8) is 0 Å². The molecule has 0 aromatic heterocycles. The Kier molecular flexibility index (Phi) is 8.54. The van der Waals surface area contributed by atoms with E-state index >= 15 is 0 Å². The predicted molar refractivity (Wildman–Crippen MR) is 213 cm³/mol. The van der Waals surface area contributed by atoms with Gasteiger partial charge in [-0.25, -0.2) is 0 Å². The average molecular weight is 750 g/mol. The molecule has 296 valence electrons. The first-order valence-electron chi connectivity index (χ1n) is 21.5. The van der Waals surface area contributed by atoms with Gasteiger partial charge in [-0.15, -0.1) is 0 Å². The zero-order chi connectivity index (χ0) is 39.0. The van der Waals surface area contributed by atoms with E-state index in [1.165, 1.54) is 11.1 Å². The number of carbonyl (C=O) groups excluding carboxylic acids is 2. The smallest absolute Gasteiger partial charge is 0.163 e. The molecule has 1 saturated heterocycles. The van der Waals surface area contributed by atoms with Crippen molar-refractivity contribution in [3.8, 4) is 5.75 Å². The van der Waals surface area contributed by atoms with Crippen LogP contribution in [0.1, 0.15) is 135 Å². The van der Waals surface area contributed by atoms with Crippen molar-refractivity contribution < 1.29 is 29.6 Å². The molecule has 5 N–H and O–H groups in total. The molecule has 1 aliphatic heterocycles. The fourth-order valence-corrected chi connectivity index (χ4v) is 15.8. The van der Waals surface area contributed by atoms with Crippen LogP contribution >= 0.6 is 0 Å². The number of carbonyl (C=O) groups is 2. The van der Waals surface area contributed by atoms with Crippen molar-refractivity contribution in [2.75, 3.05) is 5.73 Å². The van der Waals surface area contributed by atoms with Crippen molar-refractivity contribution in [1.29, 1.82) is 0 Å². The molecule has 7 nitrogen and oxygen atoms in total. The van der Waals surface area contributed by atoms with Gasteiger partial charge in [0.15, 0.2) is 5.78 Å². The van der Waals surface area contributed by atoms with Crippen molar-refractivity contribution in [3.05, 3.63) is 70.8 Å². The lowest BCUT2D eigenvalue weighted by molar-refractivity contribution is -0.239. The Morgan fingerprint density at radius 1 is 0.927 bits per heavy atom. The highest BCUT2D eigenvalue weighted by Crippen LogP contribution is 2.78. The molecule has 7 aliphatic rings. The maximum absolute atomic E-state index is 14.9. The second kappa shape index (κ2) is 12.5. The minimum Gasteiger partial charge on any atom is -0.508 e. The Balaban J connectivity index is 1.02. The van der Waals surface area contributed by atoms with Gasteiger partial charge in [-0.2, -0.15) is 0 Å². The Labute approximate surface area is 327 Å². The normalized spacial score (nSPS) is 44.1. The number of nitrogen functional groups attached to an aromatic ring is 1. The highest BCUT2D eigenvalue weighted by molar-refractivity contribution is 6.03. The Morgan fingerprint density at radius 3 is 2.42 bits per heavy atom. The monoisotopic (exact) mass is 749 g/mol. The van der Waals surface area contributed by atoms with Crippen LogP contribution in [0.3, 0.4) is 0 Å². The highest BCUT2D eigenvalue weighted by atomic mass is 16.6. The lowest BCUT2D eigenvalue weighted by atomic mass is 9.32. The van der Waals surface area contributed by atoms with E-state index in [9.17, 15) is 24.9 Å². The van der Waals surface area contributed by atoms with Gasteiger partial charge >= 0.3 is 0 Å². The molecule has 0 amide bonds. The number of hydrogen-bond donors (Lipinski definition) is 4. The number of phenols is 1. The topological polar surface area (TPSA) is 133 Å². The third kappa shape index (κ3) is 5.10. The molecule has 6 aliphatic carbocycles. The molecule has 2 aromatic rings. The van der Waals surface area contributed by atoms with E-state index in [0.717, 1.165) is 68.2 Å². The summed E-state index contributed by atoms with van der Waals surface area (Å²) in [6.07, 6.45) is 8.00. The number of anilines is 1. The fourth-order valence-electron chi connectivity index (χ4n) is 15.8. The summed E-state index contributed by atoms with van der Waals surface area (Å²) in [5.41, 5.74) is 9.18. The molecule has 9 rings (SSSR count). The number of rotatable bonds is 7. The lowest BCUT2D eigenvalue weighted by Gasteiger charge is -2.72.